The van der Waals surface area contributed by atoms with Gasteiger partial charge in [0.05, 0.1) is 16.6 Å². The van der Waals surface area contributed by atoms with Crippen LogP contribution < -0.4 is 0 Å². The van der Waals surface area contributed by atoms with Gasteiger partial charge in [-0.2, -0.15) is 0 Å². The Bertz CT molecular complexity index is 387. The van der Waals surface area contributed by atoms with Crippen LogP contribution in [-0.2, 0) is 4.74 Å². The summed E-state index contributed by atoms with van der Waals surface area (Å²) >= 11 is 0. The summed E-state index contributed by atoms with van der Waals surface area (Å²) in [7, 11) is 0. The van der Waals surface area contributed by atoms with Gasteiger partial charge in [-0.25, -0.2) is 4.79 Å². The fourth-order valence-corrected chi connectivity index (χ4v) is 1.03. The minimum Gasteiger partial charge on any atom is -0.459 e. The van der Waals surface area contributed by atoms with Crippen LogP contribution in [0.25, 0.3) is 0 Å². The zero-order chi connectivity index (χ0) is 11.4. The maximum Gasteiger partial charge on any atom is 0.338 e. The molecule has 0 fully saturated rings. The molecular weight excluding hydrogens is 198 g/mol. The van der Waals surface area contributed by atoms with E-state index < -0.39 is 10.9 Å². The van der Waals surface area contributed by atoms with Crippen molar-refractivity contribution in [3.8, 4) is 0 Å². The summed E-state index contributed by atoms with van der Waals surface area (Å²) in [5.41, 5.74) is 0.0751. The average Bonchev–Trinajstić information content (AvgIpc) is 2.17. The largest absolute Gasteiger partial charge is 0.459 e. The van der Waals surface area contributed by atoms with Gasteiger partial charge in [0, 0.05) is 12.1 Å². The second kappa shape index (κ2) is 4.54. The molecule has 0 aliphatic rings. The van der Waals surface area contributed by atoms with E-state index >= 15 is 0 Å². The predicted molar refractivity (Wildman–Crippen MR) is 53.6 cm³/mol. The van der Waals surface area contributed by atoms with Crippen molar-refractivity contribution in [3.05, 3.63) is 39.9 Å². The lowest BCUT2D eigenvalue weighted by molar-refractivity contribution is -0.384. The molecule has 1 aromatic carbocycles. The van der Waals surface area contributed by atoms with Gasteiger partial charge in [0.25, 0.3) is 5.69 Å². The molecule has 0 saturated carbocycles. The van der Waals surface area contributed by atoms with Crippen LogP contribution in [0.4, 0.5) is 5.69 Å². The molecule has 15 heavy (non-hydrogen) atoms. The van der Waals surface area contributed by atoms with E-state index in [0.717, 1.165) is 0 Å². The Labute approximate surface area is 86.8 Å². The van der Waals surface area contributed by atoms with E-state index in [1.807, 2.05) is 0 Å². The molecule has 0 aliphatic heterocycles. The Kier molecular flexibility index (Phi) is 3.38. The number of nitro benzene ring substituents is 1. The summed E-state index contributed by atoms with van der Waals surface area (Å²) in [4.78, 5) is 21.3. The maximum atomic E-state index is 11.4. The minimum absolute atomic E-state index is 0.117. The van der Waals surface area contributed by atoms with E-state index in [4.69, 9.17) is 4.74 Å². The Balaban J connectivity index is 2.90. The lowest BCUT2D eigenvalue weighted by atomic mass is 10.2. The zero-order valence-electron chi connectivity index (χ0n) is 8.47. The van der Waals surface area contributed by atoms with E-state index in [9.17, 15) is 14.9 Å². The second-order valence-corrected chi connectivity index (χ2v) is 3.26. The fourth-order valence-electron chi connectivity index (χ4n) is 1.03. The molecule has 0 aliphatic carbocycles. The topological polar surface area (TPSA) is 69.4 Å². The highest BCUT2D eigenvalue weighted by Crippen LogP contribution is 2.14. The molecule has 5 heteroatoms. The van der Waals surface area contributed by atoms with Crippen molar-refractivity contribution in [1.82, 2.24) is 0 Å². The number of non-ortho nitro benzene ring substituents is 1. The van der Waals surface area contributed by atoms with Crippen molar-refractivity contribution in [2.24, 2.45) is 0 Å². The van der Waals surface area contributed by atoms with E-state index in [1.165, 1.54) is 24.3 Å². The molecule has 0 saturated heterocycles. The lowest BCUT2D eigenvalue weighted by Crippen LogP contribution is -2.11. The Morgan fingerprint density at radius 2 is 2.13 bits per heavy atom. The van der Waals surface area contributed by atoms with Crippen molar-refractivity contribution < 1.29 is 14.5 Å². The lowest BCUT2D eigenvalue weighted by Gasteiger charge is -2.07. The van der Waals surface area contributed by atoms with Crippen LogP contribution in [0.15, 0.2) is 24.3 Å². The highest BCUT2D eigenvalue weighted by atomic mass is 16.6. The zero-order valence-corrected chi connectivity index (χ0v) is 8.47. The Hall–Kier alpha value is -1.91. The summed E-state index contributed by atoms with van der Waals surface area (Å²) < 4.78 is 4.91. The van der Waals surface area contributed by atoms with Gasteiger partial charge in [0.1, 0.15) is 0 Å². The van der Waals surface area contributed by atoms with Gasteiger partial charge in [-0.1, -0.05) is 6.07 Å². The number of nitrogens with zero attached hydrogens (tertiary/aromatic N) is 1. The first kappa shape index (κ1) is 11.2. The number of esters is 1. The molecule has 0 spiro atoms. The highest BCUT2D eigenvalue weighted by molar-refractivity contribution is 5.90. The van der Waals surface area contributed by atoms with Crippen LogP contribution >= 0.6 is 0 Å². The number of ether oxygens (including phenoxy) is 1. The normalized spacial score (nSPS) is 10.1. The van der Waals surface area contributed by atoms with E-state index in [1.54, 1.807) is 13.8 Å². The summed E-state index contributed by atoms with van der Waals surface area (Å²) in [5, 5.41) is 10.5. The van der Waals surface area contributed by atoms with Gasteiger partial charge in [-0.3, -0.25) is 10.1 Å². The molecule has 5 nitrogen and oxygen atoms in total. The van der Waals surface area contributed by atoms with E-state index in [-0.39, 0.29) is 17.4 Å². The molecule has 0 aromatic heterocycles. The third-order valence-electron chi connectivity index (χ3n) is 1.64. The average molecular weight is 209 g/mol. The first-order valence-electron chi connectivity index (χ1n) is 4.46. The first-order chi connectivity index (χ1) is 7.00. The third-order valence-corrected chi connectivity index (χ3v) is 1.64. The van der Waals surface area contributed by atoms with Gasteiger partial charge in [0.15, 0.2) is 0 Å². The highest BCUT2D eigenvalue weighted by Gasteiger charge is 2.13. The second-order valence-electron chi connectivity index (χ2n) is 3.26. The summed E-state index contributed by atoms with van der Waals surface area (Å²) in [6.45, 7) is 3.44. The molecule has 0 N–H and O–H groups in total. The number of rotatable bonds is 3. The maximum absolute atomic E-state index is 11.4. The van der Waals surface area contributed by atoms with Crippen molar-refractivity contribution in [2.45, 2.75) is 20.0 Å². The number of carbonyl (C=O) groups excluding carboxylic acids is 1. The summed E-state index contributed by atoms with van der Waals surface area (Å²) in [6, 6.07) is 5.46. The molecule has 0 bridgehead atoms. The SMILES string of the molecule is CC(C)OC(=O)c1cccc([N+](=O)[O-])c1. The smallest absolute Gasteiger partial charge is 0.338 e. The molecular formula is C10H11NO4. The van der Waals surface area contributed by atoms with E-state index in [0.29, 0.717) is 0 Å². The number of nitro groups is 1. The standard InChI is InChI=1S/C10H11NO4/c1-7(2)15-10(12)8-4-3-5-9(6-8)11(13)14/h3-7H,1-2H3. The monoisotopic (exact) mass is 209 g/mol. The molecule has 1 aromatic rings. The molecule has 0 amide bonds. The first-order valence-corrected chi connectivity index (χ1v) is 4.46. The van der Waals surface area contributed by atoms with Crippen molar-refractivity contribution in [3.63, 3.8) is 0 Å². The van der Waals surface area contributed by atoms with E-state index in [2.05, 4.69) is 0 Å². The van der Waals surface area contributed by atoms with Crippen LogP contribution in [0, 0.1) is 10.1 Å². The van der Waals surface area contributed by atoms with Crippen LogP contribution in [0.3, 0.4) is 0 Å². The van der Waals surface area contributed by atoms with Crippen LogP contribution in [0.5, 0.6) is 0 Å². The van der Waals surface area contributed by atoms with Crippen molar-refractivity contribution >= 4 is 11.7 Å². The van der Waals surface area contributed by atoms with Crippen molar-refractivity contribution in [1.29, 1.82) is 0 Å². The number of hydrogen-bond acceptors (Lipinski definition) is 4. The minimum atomic E-state index is -0.549. The molecule has 0 atom stereocenters. The Morgan fingerprint density at radius 3 is 2.67 bits per heavy atom. The van der Waals surface area contributed by atoms with Crippen LogP contribution in [-0.4, -0.2) is 17.0 Å². The van der Waals surface area contributed by atoms with Gasteiger partial charge < -0.3 is 4.74 Å². The van der Waals surface area contributed by atoms with Gasteiger partial charge >= 0.3 is 5.97 Å². The van der Waals surface area contributed by atoms with Crippen LogP contribution in [0.1, 0.15) is 24.2 Å². The van der Waals surface area contributed by atoms with Crippen LogP contribution in [0.2, 0.25) is 0 Å². The summed E-state index contributed by atoms with van der Waals surface area (Å²) in [6.07, 6.45) is -0.239. The quantitative estimate of drug-likeness (QED) is 0.434. The Morgan fingerprint density at radius 1 is 1.47 bits per heavy atom. The molecule has 0 unspecified atom stereocenters. The number of hydrogen-bond donors (Lipinski definition) is 0. The molecule has 80 valence electrons. The van der Waals surface area contributed by atoms with Gasteiger partial charge in [0.2, 0.25) is 0 Å². The number of benzene rings is 1. The van der Waals surface area contributed by atoms with Gasteiger partial charge in [-0.15, -0.1) is 0 Å². The molecule has 0 heterocycles. The molecule has 1 rings (SSSR count). The predicted octanol–water partition coefficient (Wildman–Crippen LogP) is 2.16. The summed E-state index contributed by atoms with van der Waals surface area (Å²) in [5.74, 6) is -0.547. The third kappa shape index (κ3) is 3.05. The van der Waals surface area contributed by atoms with Crippen molar-refractivity contribution in [2.75, 3.05) is 0 Å². The van der Waals surface area contributed by atoms with Gasteiger partial charge in [-0.05, 0) is 19.9 Å². The molecule has 0 radical (unpaired) electrons. The number of carbonyl (C=O) groups is 1. The fraction of sp³-hybridized carbons (Fsp3) is 0.300.